The van der Waals surface area contributed by atoms with Crippen molar-refractivity contribution in [1.82, 2.24) is 0 Å². The lowest BCUT2D eigenvalue weighted by Gasteiger charge is -2.32. The number of anilines is 3. The van der Waals surface area contributed by atoms with Crippen LogP contribution in [0.5, 0.6) is 0 Å². The molecule has 2 aromatic carbocycles. The fourth-order valence-electron chi connectivity index (χ4n) is 3.26. The zero-order chi connectivity index (χ0) is 18.5. The topological polar surface area (TPSA) is 44.4 Å². The summed E-state index contributed by atoms with van der Waals surface area (Å²) in [7, 11) is 0. The Kier molecular flexibility index (Phi) is 5.82. The Morgan fingerprint density at radius 3 is 2.31 bits per heavy atom. The van der Waals surface area contributed by atoms with Gasteiger partial charge >= 0.3 is 0 Å². The van der Waals surface area contributed by atoms with E-state index in [1.807, 2.05) is 18.2 Å². The molecule has 0 bridgehead atoms. The summed E-state index contributed by atoms with van der Waals surface area (Å²) in [5, 5.41) is 6.14. The van der Waals surface area contributed by atoms with Gasteiger partial charge in [0.15, 0.2) is 0 Å². The van der Waals surface area contributed by atoms with E-state index in [0.29, 0.717) is 0 Å². The lowest BCUT2D eigenvalue weighted by atomic mass is 9.99. The largest absolute Gasteiger partial charge is 0.376 e. The molecule has 1 amide bonds. The van der Waals surface area contributed by atoms with Crippen LogP contribution in [-0.2, 0) is 4.79 Å². The second-order valence-electron chi connectivity index (χ2n) is 7.42. The van der Waals surface area contributed by atoms with E-state index in [-0.39, 0.29) is 12.5 Å². The SMILES string of the molecule is Cc1ccc(NCC(=O)Nc2ccc(N3CCC(C)CC3)cc2)cc1C. The van der Waals surface area contributed by atoms with Gasteiger partial charge < -0.3 is 15.5 Å². The normalized spacial score (nSPS) is 15.0. The maximum atomic E-state index is 12.2. The molecule has 1 saturated heterocycles. The van der Waals surface area contributed by atoms with Gasteiger partial charge in [-0.2, -0.15) is 0 Å². The molecule has 2 aromatic rings. The lowest BCUT2D eigenvalue weighted by Crippen LogP contribution is -2.32. The second-order valence-corrected chi connectivity index (χ2v) is 7.42. The first-order chi connectivity index (χ1) is 12.5. The number of carbonyl (C=O) groups is 1. The molecule has 3 rings (SSSR count). The van der Waals surface area contributed by atoms with Gasteiger partial charge in [-0.3, -0.25) is 4.79 Å². The van der Waals surface area contributed by atoms with Crippen LogP contribution < -0.4 is 15.5 Å². The van der Waals surface area contributed by atoms with Gasteiger partial charge in [-0.1, -0.05) is 13.0 Å². The number of benzene rings is 2. The third-order valence-electron chi connectivity index (χ3n) is 5.26. The molecule has 4 heteroatoms. The second kappa shape index (κ2) is 8.26. The van der Waals surface area contributed by atoms with Crippen LogP contribution in [0, 0.1) is 19.8 Å². The van der Waals surface area contributed by atoms with Crippen molar-refractivity contribution in [2.24, 2.45) is 5.92 Å². The van der Waals surface area contributed by atoms with Gasteiger partial charge in [-0.15, -0.1) is 0 Å². The van der Waals surface area contributed by atoms with Crippen molar-refractivity contribution >= 4 is 23.0 Å². The number of amides is 1. The highest BCUT2D eigenvalue weighted by atomic mass is 16.1. The number of aryl methyl sites for hydroxylation is 2. The molecular weight excluding hydrogens is 322 g/mol. The molecule has 0 atom stereocenters. The molecule has 1 aliphatic rings. The van der Waals surface area contributed by atoms with Crippen molar-refractivity contribution < 1.29 is 4.79 Å². The zero-order valence-electron chi connectivity index (χ0n) is 16.0. The summed E-state index contributed by atoms with van der Waals surface area (Å²) in [5.74, 6) is 0.789. The number of nitrogens with zero attached hydrogens (tertiary/aromatic N) is 1. The molecule has 0 saturated carbocycles. The summed E-state index contributed by atoms with van der Waals surface area (Å²) in [6.07, 6.45) is 2.51. The maximum absolute atomic E-state index is 12.2. The van der Waals surface area contributed by atoms with Crippen LogP contribution in [-0.4, -0.2) is 25.5 Å². The van der Waals surface area contributed by atoms with Crippen LogP contribution in [0.15, 0.2) is 42.5 Å². The van der Waals surface area contributed by atoms with Gasteiger partial charge in [0, 0.05) is 30.2 Å². The molecule has 4 nitrogen and oxygen atoms in total. The van der Waals surface area contributed by atoms with Crippen molar-refractivity contribution in [2.45, 2.75) is 33.6 Å². The molecule has 1 aliphatic heterocycles. The van der Waals surface area contributed by atoms with Crippen molar-refractivity contribution in [2.75, 3.05) is 35.2 Å². The predicted octanol–water partition coefficient (Wildman–Crippen LogP) is 4.59. The van der Waals surface area contributed by atoms with Gasteiger partial charge in [0.1, 0.15) is 0 Å². The molecule has 138 valence electrons. The van der Waals surface area contributed by atoms with Gasteiger partial charge in [-0.05, 0) is 80.1 Å². The number of piperidine rings is 1. The van der Waals surface area contributed by atoms with E-state index in [1.54, 1.807) is 0 Å². The van der Waals surface area contributed by atoms with Crippen LogP contribution in [0.2, 0.25) is 0 Å². The van der Waals surface area contributed by atoms with E-state index < -0.39 is 0 Å². The van der Waals surface area contributed by atoms with Crippen LogP contribution in [0.4, 0.5) is 17.1 Å². The van der Waals surface area contributed by atoms with Crippen LogP contribution >= 0.6 is 0 Å². The maximum Gasteiger partial charge on any atom is 0.243 e. The van der Waals surface area contributed by atoms with E-state index in [9.17, 15) is 4.79 Å². The highest BCUT2D eigenvalue weighted by molar-refractivity contribution is 5.93. The Labute approximate surface area is 156 Å². The number of hydrogen-bond donors (Lipinski definition) is 2. The van der Waals surface area contributed by atoms with E-state index in [4.69, 9.17) is 0 Å². The van der Waals surface area contributed by atoms with Gasteiger partial charge in [0.25, 0.3) is 0 Å². The predicted molar refractivity (Wildman–Crippen MR) is 110 cm³/mol. The molecule has 0 aliphatic carbocycles. The van der Waals surface area contributed by atoms with Crippen LogP contribution in [0.1, 0.15) is 30.9 Å². The molecule has 1 fully saturated rings. The summed E-state index contributed by atoms with van der Waals surface area (Å²) in [6, 6.07) is 14.3. The third-order valence-corrected chi connectivity index (χ3v) is 5.26. The van der Waals surface area contributed by atoms with Crippen molar-refractivity contribution in [1.29, 1.82) is 0 Å². The molecule has 1 heterocycles. The van der Waals surface area contributed by atoms with Crippen LogP contribution in [0.3, 0.4) is 0 Å². The fourth-order valence-corrected chi connectivity index (χ4v) is 3.26. The summed E-state index contributed by atoms with van der Waals surface area (Å²) in [5.41, 5.74) is 5.52. The summed E-state index contributed by atoms with van der Waals surface area (Å²) < 4.78 is 0. The molecule has 0 unspecified atom stereocenters. The van der Waals surface area contributed by atoms with Gasteiger partial charge in [-0.25, -0.2) is 0 Å². The van der Waals surface area contributed by atoms with Gasteiger partial charge in [0.2, 0.25) is 5.91 Å². The van der Waals surface area contributed by atoms with Gasteiger partial charge in [0.05, 0.1) is 6.54 Å². The van der Waals surface area contributed by atoms with Crippen molar-refractivity contribution in [3.63, 3.8) is 0 Å². The number of hydrogen-bond acceptors (Lipinski definition) is 3. The van der Waals surface area contributed by atoms with E-state index in [0.717, 1.165) is 30.4 Å². The molecule has 0 aromatic heterocycles. The minimum Gasteiger partial charge on any atom is -0.376 e. The smallest absolute Gasteiger partial charge is 0.243 e. The van der Waals surface area contributed by atoms with Crippen molar-refractivity contribution in [3.8, 4) is 0 Å². The first kappa shape index (κ1) is 18.3. The van der Waals surface area contributed by atoms with E-state index in [2.05, 4.69) is 60.6 Å². The third kappa shape index (κ3) is 4.78. The Morgan fingerprint density at radius 1 is 1.00 bits per heavy atom. The molecule has 0 radical (unpaired) electrons. The highest BCUT2D eigenvalue weighted by Crippen LogP contribution is 2.24. The minimum atomic E-state index is -0.0391. The quantitative estimate of drug-likeness (QED) is 0.828. The lowest BCUT2D eigenvalue weighted by molar-refractivity contribution is -0.114. The first-order valence-corrected chi connectivity index (χ1v) is 9.47. The number of rotatable bonds is 5. The Bertz CT molecular complexity index is 746. The molecular formula is C22H29N3O. The molecule has 26 heavy (non-hydrogen) atoms. The van der Waals surface area contributed by atoms with Crippen molar-refractivity contribution in [3.05, 3.63) is 53.6 Å². The first-order valence-electron chi connectivity index (χ1n) is 9.47. The Hall–Kier alpha value is -2.49. The monoisotopic (exact) mass is 351 g/mol. The van der Waals surface area contributed by atoms with E-state index >= 15 is 0 Å². The zero-order valence-corrected chi connectivity index (χ0v) is 16.0. The number of carbonyl (C=O) groups excluding carboxylic acids is 1. The highest BCUT2D eigenvalue weighted by Gasteiger charge is 2.15. The Balaban J connectivity index is 1.50. The average Bonchev–Trinajstić information content (AvgIpc) is 2.64. The average molecular weight is 351 g/mol. The van der Waals surface area contributed by atoms with Crippen LogP contribution in [0.25, 0.3) is 0 Å². The minimum absolute atomic E-state index is 0.0391. The molecule has 2 N–H and O–H groups in total. The Morgan fingerprint density at radius 2 is 1.65 bits per heavy atom. The summed E-state index contributed by atoms with van der Waals surface area (Å²) >= 11 is 0. The summed E-state index contributed by atoms with van der Waals surface area (Å²) in [4.78, 5) is 14.6. The van der Waals surface area contributed by atoms with E-state index in [1.165, 1.54) is 29.7 Å². The number of nitrogens with one attached hydrogen (secondary N) is 2. The summed E-state index contributed by atoms with van der Waals surface area (Å²) in [6.45, 7) is 8.97. The fraction of sp³-hybridized carbons (Fsp3) is 0.409. The molecule has 0 spiro atoms. The standard InChI is InChI=1S/C22H29N3O/c1-16-10-12-25(13-11-16)21-8-6-19(7-9-21)24-22(26)15-23-20-5-4-17(2)18(3)14-20/h4-9,14,16,23H,10-13,15H2,1-3H3,(H,24,26).